The number of esters is 1. The summed E-state index contributed by atoms with van der Waals surface area (Å²) in [4.78, 5) is 23.6. The fourth-order valence-electron chi connectivity index (χ4n) is 4.57. The molecule has 1 aromatic rings. The molecule has 6 heteroatoms. The lowest BCUT2D eigenvalue weighted by Gasteiger charge is -2.42. The number of rotatable bonds is 10. The highest BCUT2D eigenvalue weighted by molar-refractivity contribution is 6.30. The summed E-state index contributed by atoms with van der Waals surface area (Å²) >= 11 is 5.98. The Morgan fingerprint density at radius 3 is 2.05 bits per heavy atom. The summed E-state index contributed by atoms with van der Waals surface area (Å²) in [6.45, 7) is 16.2. The zero-order valence-electron chi connectivity index (χ0n) is 24.6. The highest BCUT2D eigenvalue weighted by Gasteiger charge is 2.38. The lowest BCUT2D eigenvalue weighted by Crippen LogP contribution is -2.36. The monoisotopic (exact) mass is 532 g/mol. The van der Waals surface area contributed by atoms with Gasteiger partial charge in [0.1, 0.15) is 5.60 Å². The molecule has 1 amide bonds. The van der Waals surface area contributed by atoms with Crippen molar-refractivity contribution in [1.82, 2.24) is 10.6 Å². The second-order valence-electron chi connectivity index (χ2n) is 11.1. The molecule has 2 rings (SSSR count). The summed E-state index contributed by atoms with van der Waals surface area (Å²) < 4.78 is 4.80. The molecule has 0 unspecified atom stereocenters. The van der Waals surface area contributed by atoms with Crippen LogP contribution in [0.2, 0.25) is 5.02 Å². The number of hydrogen-bond donors (Lipinski definition) is 2. The summed E-state index contributed by atoms with van der Waals surface area (Å²) in [6.07, 6.45) is 7.63. The average molecular weight is 533 g/mol. The number of amides is 1. The van der Waals surface area contributed by atoms with Gasteiger partial charge in [-0.25, -0.2) is 0 Å². The van der Waals surface area contributed by atoms with Crippen molar-refractivity contribution in [2.45, 2.75) is 112 Å². The molecule has 1 saturated carbocycles. The summed E-state index contributed by atoms with van der Waals surface area (Å²) in [5.74, 6) is -0.196. The van der Waals surface area contributed by atoms with Gasteiger partial charge in [0.25, 0.3) is 5.91 Å². The molecule has 37 heavy (non-hydrogen) atoms. The van der Waals surface area contributed by atoms with E-state index in [1.807, 2.05) is 52.1 Å². The van der Waals surface area contributed by atoms with Gasteiger partial charge in [0.2, 0.25) is 0 Å². The maximum absolute atomic E-state index is 13.4. The van der Waals surface area contributed by atoms with Crippen LogP contribution in [0.1, 0.15) is 106 Å². The lowest BCUT2D eigenvalue weighted by molar-refractivity contribution is -0.151. The molecular weight excluding hydrogens is 484 g/mol. The molecule has 5 nitrogen and oxygen atoms in total. The van der Waals surface area contributed by atoms with E-state index in [0.717, 1.165) is 42.4 Å². The first-order valence-corrected chi connectivity index (χ1v) is 14.0. The first-order valence-electron chi connectivity index (χ1n) is 13.6. The van der Waals surface area contributed by atoms with Crippen LogP contribution in [0.25, 0.3) is 0 Å². The van der Waals surface area contributed by atoms with Crippen molar-refractivity contribution in [2.24, 2.45) is 5.41 Å². The van der Waals surface area contributed by atoms with Crippen molar-refractivity contribution >= 4 is 23.5 Å². The van der Waals surface area contributed by atoms with Crippen LogP contribution in [0.5, 0.6) is 0 Å². The molecule has 0 bridgehead atoms. The Morgan fingerprint density at radius 2 is 1.68 bits per heavy atom. The fourth-order valence-corrected chi connectivity index (χ4v) is 4.70. The number of carbonyl (C=O) groups excluding carboxylic acids is 2. The third kappa shape index (κ3) is 10.9. The van der Waals surface area contributed by atoms with Crippen LogP contribution in [0.15, 0.2) is 46.7 Å². The SMILES string of the molecule is CC(=O)OC(C)(C)C.CCCC/C(C(C(=O)NCc1ccc(Cl)cc1)=C(C)CC)=C(/NC)C1(C)CCC1. The van der Waals surface area contributed by atoms with Crippen LogP contribution in [-0.4, -0.2) is 24.5 Å². The maximum atomic E-state index is 13.4. The molecule has 0 saturated heterocycles. The predicted molar refractivity (Wildman–Crippen MR) is 155 cm³/mol. The predicted octanol–water partition coefficient (Wildman–Crippen LogP) is 7.88. The summed E-state index contributed by atoms with van der Waals surface area (Å²) in [5.41, 5.74) is 5.40. The van der Waals surface area contributed by atoms with Crippen LogP contribution in [0.4, 0.5) is 0 Å². The maximum Gasteiger partial charge on any atom is 0.303 e. The molecule has 0 aromatic heterocycles. The van der Waals surface area contributed by atoms with Gasteiger partial charge in [-0.1, -0.05) is 62.9 Å². The quantitative estimate of drug-likeness (QED) is 0.183. The van der Waals surface area contributed by atoms with E-state index in [-0.39, 0.29) is 22.9 Å². The molecule has 0 heterocycles. The first kappa shape index (κ1) is 32.8. The van der Waals surface area contributed by atoms with Gasteiger partial charge < -0.3 is 15.4 Å². The lowest BCUT2D eigenvalue weighted by atomic mass is 9.66. The van der Waals surface area contributed by atoms with Gasteiger partial charge in [-0.3, -0.25) is 9.59 Å². The third-order valence-corrected chi connectivity index (χ3v) is 6.95. The van der Waals surface area contributed by atoms with Crippen molar-refractivity contribution < 1.29 is 14.3 Å². The number of nitrogens with one attached hydrogen (secondary N) is 2. The molecule has 1 aliphatic carbocycles. The van der Waals surface area contributed by atoms with E-state index < -0.39 is 0 Å². The van der Waals surface area contributed by atoms with Gasteiger partial charge in [-0.05, 0) is 83.1 Å². The van der Waals surface area contributed by atoms with E-state index in [1.165, 1.54) is 37.5 Å². The zero-order chi connectivity index (χ0) is 28.2. The number of ether oxygens (including phenoxy) is 1. The normalized spacial score (nSPS) is 15.7. The fraction of sp³-hybridized carbons (Fsp3) is 0.613. The van der Waals surface area contributed by atoms with E-state index in [9.17, 15) is 9.59 Å². The molecule has 0 aliphatic heterocycles. The number of unbranched alkanes of at least 4 members (excludes halogenated alkanes) is 1. The van der Waals surface area contributed by atoms with E-state index in [1.54, 1.807) is 0 Å². The molecule has 0 spiro atoms. The second kappa shape index (κ2) is 15.2. The van der Waals surface area contributed by atoms with Gasteiger partial charge in [-0.15, -0.1) is 0 Å². The van der Waals surface area contributed by atoms with Crippen molar-refractivity contribution in [1.29, 1.82) is 0 Å². The number of halogens is 1. The first-order chi connectivity index (χ1) is 17.3. The molecule has 0 atom stereocenters. The third-order valence-electron chi connectivity index (χ3n) is 6.69. The molecule has 0 radical (unpaired) electrons. The molecule has 208 valence electrons. The van der Waals surface area contributed by atoms with Crippen LogP contribution in [0.3, 0.4) is 0 Å². The van der Waals surface area contributed by atoms with Crippen molar-refractivity contribution in [3.05, 3.63) is 57.3 Å². The Hall–Kier alpha value is -2.27. The van der Waals surface area contributed by atoms with E-state index in [2.05, 4.69) is 38.3 Å². The van der Waals surface area contributed by atoms with Crippen LogP contribution < -0.4 is 10.6 Å². The van der Waals surface area contributed by atoms with Gasteiger partial charge in [0, 0.05) is 42.2 Å². The Balaban J connectivity index is 0.000000738. The number of allylic oxidation sites excluding steroid dienone is 2. The van der Waals surface area contributed by atoms with Crippen molar-refractivity contribution in [2.75, 3.05) is 7.05 Å². The molecule has 2 N–H and O–H groups in total. The number of benzene rings is 1. The van der Waals surface area contributed by atoms with E-state index in [0.29, 0.717) is 11.6 Å². The van der Waals surface area contributed by atoms with Crippen LogP contribution in [-0.2, 0) is 20.9 Å². The smallest absolute Gasteiger partial charge is 0.303 e. The molecule has 1 aliphatic rings. The Bertz CT molecular complexity index is 952. The standard InChI is InChI=1S/C25H37ClN2O.C6H12O2/c1-6-8-10-21(23(27-5)25(4)15-9-16-25)22(18(3)7-2)24(29)28-17-19-11-13-20(26)14-12-19;1-5(7)8-6(2,3)4/h11-14,27H,6-10,15-17H2,1-5H3,(H,28,29);1-4H3/b22-18?,23-21-;. The highest BCUT2D eigenvalue weighted by atomic mass is 35.5. The molecular formula is C31H49ClN2O3. The number of carbonyl (C=O) groups is 2. The summed E-state index contributed by atoms with van der Waals surface area (Å²) in [7, 11) is 2.01. The average Bonchev–Trinajstić information content (AvgIpc) is 2.79. The van der Waals surface area contributed by atoms with Gasteiger partial charge in [-0.2, -0.15) is 0 Å². The van der Waals surface area contributed by atoms with E-state index in [4.69, 9.17) is 16.3 Å². The zero-order valence-corrected chi connectivity index (χ0v) is 25.3. The Labute approximate surface area is 230 Å². The van der Waals surface area contributed by atoms with Crippen LogP contribution >= 0.6 is 11.6 Å². The Morgan fingerprint density at radius 1 is 1.08 bits per heavy atom. The number of hydrogen-bond acceptors (Lipinski definition) is 4. The summed E-state index contributed by atoms with van der Waals surface area (Å²) in [5, 5.41) is 7.36. The minimum absolute atomic E-state index is 0.0288. The topological polar surface area (TPSA) is 67.4 Å². The van der Waals surface area contributed by atoms with Gasteiger partial charge >= 0.3 is 5.97 Å². The molecule has 1 aromatic carbocycles. The second-order valence-corrected chi connectivity index (χ2v) is 11.6. The van der Waals surface area contributed by atoms with E-state index >= 15 is 0 Å². The molecule has 1 fully saturated rings. The van der Waals surface area contributed by atoms with Crippen molar-refractivity contribution in [3.63, 3.8) is 0 Å². The van der Waals surface area contributed by atoms with Gasteiger partial charge in [0.05, 0.1) is 0 Å². The summed E-state index contributed by atoms with van der Waals surface area (Å²) in [6, 6.07) is 7.64. The van der Waals surface area contributed by atoms with Gasteiger partial charge in [0.15, 0.2) is 0 Å². The largest absolute Gasteiger partial charge is 0.460 e. The Kier molecular flexibility index (Phi) is 13.5. The highest BCUT2D eigenvalue weighted by Crippen LogP contribution is 2.48. The minimum Gasteiger partial charge on any atom is -0.460 e. The minimum atomic E-state index is -0.328. The van der Waals surface area contributed by atoms with Crippen LogP contribution in [0, 0.1) is 5.41 Å². The van der Waals surface area contributed by atoms with Crippen molar-refractivity contribution in [3.8, 4) is 0 Å².